The van der Waals surface area contributed by atoms with Crippen molar-refractivity contribution in [2.45, 2.75) is 24.5 Å². The lowest BCUT2D eigenvalue weighted by atomic mass is 10.1. The molecule has 0 aliphatic carbocycles. The fourth-order valence-electron chi connectivity index (χ4n) is 3.58. The molecule has 0 fully saturated rings. The molecule has 39 heavy (non-hydrogen) atoms. The lowest BCUT2D eigenvalue weighted by Gasteiger charge is -2.16. The van der Waals surface area contributed by atoms with Crippen LogP contribution in [-0.2, 0) is 22.7 Å². The maximum atomic E-state index is 13.9. The minimum Gasteiger partial charge on any atom is -0.338 e. The number of rotatable bonds is 8. The number of pyridine rings is 1. The Morgan fingerprint density at radius 2 is 1.62 bits per heavy atom. The van der Waals surface area contributed by atoms with E-state index in [1.54, 1.807) is 30.3 Å². The van der Waals surface area contributed by atoms with Crippen LogP contribution in [0.1, 0.15) is 27.0 Å². The van der Waals surface area contributed by atoms with Crippen molar-refractivity contribution in [3.63, 3.8) is 0 Å². The van der Waals surface area contributed by atoms with Gasteiger partial charge in [0.25, 0.3) is 5.91 Å². The Bertz CT molecular complexity index is 1610. The maximum Gasteiger partial charge on any atom is 0.416 e. The number of halogens is 4. The van der Waals surface area contributed by atoms with Gasteiger partial charge in [-0.2, -0.15) is 13.2 Å². The summed E-state index contributed by atoms with van der Waals surface area (Å²) in [5.74, 6) is -2.10. The first-order valence-corrected chi connectivity index (χ1v) is 13.0. The highest BCUT2D eigenvalue weighted by Crippen LogP contribution is 2.31. The van der Waals surface area contributed by atoms with Gasteiger partial charge in [0.15, 0.2) is 5.82 Å². The van der Waals surface area contributed by atoms with Crippen LogP contribution >= 0.6 is 0 Å². The zero-order valence-electron chi connectivity index (χ0n) is 20.4. The first-order chi connectivity index (χ1) is 18.4. The van der Waals surface area contributed by atoms with Crippen molar-refractivity contribution < 1.29 is 30.8 Å². The van der Waals surface area contributed by atoms with Crippen molar-refractivity contribution in [1.82, 2.24) is 9.71 Å². The van der Waals surface area contributed by atoms with Gasteiger partial charge in [-0.1, -0.05) is 36.4 Å². The number of para-hydroxylation sites is 1. The van der Waals surface area contributed by atoms with Crippen molar-refractivity contribution in [2.24, 2.45) is 0 Å². The predicted molar refractivity (Wildman–Crippen MR) is 139 cm³/mol. The number of alkyl halides is 3. The summed E-state index contributed by atoms with van der Waals surface area (Å²) in [4.78, 5) is 17.3. The Balaban J connectivity index is 1.65. The van der Waals surface area contributed by atoms with Crippen molar-refractivity contribution in [3.05, 3.63) is 113 Å². The number of hydrogen-bond acceptors (Lipinski definition) is 5. The summed E-state index contributed by atoms with van der Waals surface area (Å²) in [6.07, 6.45) is -3.47. The van der Waals surface area contributed by atoms with Gasteiger partial charge in [0, 0.05) is 24.0 Å². The number of nitrogens with one attached hydrogen (secondary N) is 3. The summed E-state index contributed by atoms with van der Waals surface area (Å²) in [5, 5.41) is 5.52. The normalized spacial score (nSPS) is 11.7. The molecule has 1 heterocycles. The summed E-state index contributed by atoms with van der Waals surface area (Å²) in [6.45, 7) is 1.63. The van der Waals surface area contributed by atoms with Crippen LogP contribution in [0.25, 0.3) is 0 Å². The molecule has 0 aliphatic rings. The maximum absolute atomic E-state index is 13.9. The van der Waals surface area contributed by atoms with E-state index < -0.39 is 39.1 Å². The number of anilines is 3. The molecule has 12 heteroatoms. The fraction of sp³-hybridized carbons (Fsp3) is 0.111. The largest absolute Gasteiger partial charge is 0.416 e. The monoisotopic (exact) mass is 558 g/mol. The predicted octanol–water partition coefficient (Wildman–Crippen LogP) is 6.02. The number of benzene rings is 3. The molecule has 0 spiro atoms. The fourth-order valence-corrected chi connectivity index (χ4v) is 4.62. The molecule has 7 nitrogen and oxygen atoms in total. The van der Waals surface area contributed by atoms with Crippen LogP contribution in [0.2, 0.25) is 0 Å². The van der Waals surface area contributed by atoms with E-state index in [1.807, 2.05) is 19.1 Å². The van der Waals surface area contributed by atoms with E-state index in [0.29, 0.717) is 29.4 Å². The van der Waals surface area contributed by atoms with E-state index in [0.717, 1.165) is 5.56 Å². The third-order valence-corrected chi connectivity index (χ3v) is 7.01. The molecule has 0 aliphatic heterocycles. The van der Waals surface area contributed by atoms with Gasteiger partial charge in [0.1, 0.15) is 5.82 Å². The number of nitrogens with zero attached hydrogens (tertiary/aromatic N) is 1. The number of aromatic nitrogens is 1. The third-order valence-electron chi connectivity index (χ3n) is 5.60. The zero-order valence-corrected chi connectivity index (χ0v) is 21.2. The lowest BCUT2D eigenvalue weighted by molar-refractivity contribution is -0.137. The van der Waals surface area contributed by atoms with Gasteiger partial charge in [-0.05, 0) is 60.5 Å². The van der Waals surface area contributed by atoms with Crippen LogP contribution in [0.3, 0.4) is 0 Å². The standard InChI is InChI=1S/C27H22F4N4O3S/c1-17-7-5-6-10-23(17)34-25-24(35-26(36)19-12-20(27(29,30)31)14-21(28)13-19)11-18(15-32-25)16-33-39(37,38)22-8-3-2-4-9-22/h2-15,33H,16H2,1H3,(H,32,34)(H,35,36). The molecule has 3 aromatic carbocycles. The van der Waals surface area contributed by atoms with E-state index in [-0.39, 0.29) is 22.9 Å². The number of aryl methyl sites for hydroxylation is 1. The highest BCUT2D eigenvalue weighted by Gasteiger charge is 2.32. The highest BCUT2D eigenvalue weighted by molar-refractivity contribution is 7.89. The SMILES string of the molecule is Cc1ccccc1Nc1ncc(CNS(=O)(=O)c2ccccc2)cc1NC(=O)c1cc(F)cc(C(F)(F)F)c1. The Morgan fingerprint density at radius 1 is 0.923 bits per heavy atom. The minimum absolute atomic E-state index is 0.0393. The van der Waals surface area contributed by atoms with Gasteiger partial charge in [-0.3, -0.25) is 4.79 Å². The average Bonchev–Trinajstić information content (AvgIpc) is 2.89. The average molecular weight is 559 g/mol. The van der Waals surface area contributed by atoms with Crippen LogP contribution in [0.15, 0.2) is 90.0 Å². The molecule has 0 saturated heterocycles. The zero-order chi connectivity index (χ0) is 28.2. The van der Waals surface area contributed by atoms with Crippen molar-refractivity contribution in [3.8, 4) is 0 Å². The third kappa shape index (κ3) is 6.98. The molecule has 0 radical (unpaired) electrons. The molecule has 0 saturated carbocycles. The second-order valence-corrected chi connectivity index (χ2v) is 10.3. The Labute approximate surface area is 222 Å². The van der Waals surface area contributed by atoms with E-state index in [2.05, 4.69) is 20.3 Å². The van der Waals surface area contributed by atoms with Gasteiger partial charge >= 0.3 is 6.18 Å². The molecule has 0 unspecified atom stereocenters. The van der Waals surface area contributed by atoms with Gasteiger partial charge in [-0.25, -0.2) is 22.5 Å². The van der Waals surface area contributed by atoms with E-state index >= 15 is 0 Å². The smallest absolute Gasteiger partial charge is 0.338 e. The van der Waals surface area contributed by atoms with Gasteiger partial charge in [0.2, 0.25) is 10.0 Å². The van der Waals surface area contributed by atoms with E-state index in [1.165, 1.54) is 24.4 Å². The Kier molecular flexibility index (Phi) is 7.98. The number of amides is 1. The summed E-state index contributed by atoms with van der Waals surface area (Å²) >= 11 is 0. The molecule has 202 valence electrons. The second kappa shape index (κ2) is 11.2. The van der Waals surface area contributed by atoms with E-state index in [4.69, 9.17) is 0 Å². The van der Waals surface area contributed by atoms with Crippen molar-refractivity contribution in [2.75, 3.05) is 10.6 Å². The quantitative estimate of drug-likeness (QED) is 0.230. The first-order valence-electron chi connectivity index (χ1n) is 11.5. The van der Waals surface area contributed by atoms with Crippen LogP contribution in [-0.4, -0.2) is 19.3 Å². The van der Waals surface area contributed by atoms with Gasteiger partial charge in [-0.15, -0.1) is 0 Å². The molecule has 1 amide bonds. The number of carbonyl (C=O) groups excluding carboxylic acids is 1. The molecule has 1 aromatic heterocycles. The number of carbonyl (C=O) groups is 1. The van der Waals surface area contributed by atoms with Gasteiger partial charge in [0.05, 0.1) is 16.1 Å². The summed E-state index contributed by atoms with van der Waals surface area (Å²) < 4.78 is 81.1. The summed E-state index contributed by atoms with van der Waals surface area (Å²) in [5.41, 5.74) is -0.000311. The van der Waals surface area contributed by atoms with Gasteiger partial charge < -0.3 is 10.6 Å². The first kappa shape index (κ1) is 27.7. The van der Waals surface area contributed by atoms with Crippen molar-refractivity contribution in [1.29, 1.82) is 0 Å². The van der Waals surface area contributed by atoms with Crippen LogP contribution in [0.4, 0.5) is 34.8 Å². The van der Waals surface area contributed by atoms with Crippen molar-refractivity contribution >= 4 is 33.1 Å². The molecule has 0 atom stereocenters. The second-order valence-electron chi connectivity index (χ2n) is 8.50. The molecule has 3 N–H and O–H groups in total. The minimum atomic E-state index is -4.86. The number of sulfonamides is 1. The van der Waals surface area contributed by atoms with Crippen LogP contribution in [0.5, 0.6) is 0 Å². The Hall–Kier alpha value is -4.29. The molecular formula is C27H22F4N4O3S. The van der Waals surface area contributed by atoms with Crippen LogP contribution < -0.4 is 15.4 Å². The lowest BCUT2D eigenvalue weighted by Crippen LogP contribution is -2.23. The molecular weight excluding hydrogens is 536 g/mol. The highest BCUT2D eigenvalue weighted by atomic mass is 32.2. The Morgan fingerprint density at radius 3 is 2.31 bits per heavy atom. The molecule has 4 rings (SSSR count). The molecule has 0 bridgehead atoms. The van der Waals surface area contributed by atoms with Crippen LogP contribution in [0, 0.1) is 12.7 Å². The van der Waals surface area contributed by atoms with E-state index in [9.17, 15) is 30.8 Å². The number of hydrogen-bond donors (Lipinski definition) is 3. The summed E-state index contributed by atoms with van der Waals surface area (Å²) in [7, 11) is -3.85. The molecule has 4 aromatic rings. The summed E-state index contributed by atoms with van der Waals surface area (Å²) in [6, 6.07) is 17.8. The topological polar surface area (TPSA) is 100 Å².